The molecule has 2 heterocycles. The second kappa shape index (κ2) is 9.07. The maximum Gasteiger partial charge on any atom is 0.317 e. The molecule has 25 heavy (non-hydrogen) atoms. The van der Waals surface area contributed by atoms with Gasteiger partial charge in [0.2, 0.25) is 0 Å². The van der Waals surface area contributed by atoms with Crippen molar-refractivity contribution in [1.82, 2.24) is 9.80 Å². The lowest BCUT2D eigenvalue weighted by atomic mass is 10.0. The lowest BCUT2D eigenvalue weighted by Gasteiger charge is -2.36. The van der Waals surface area contributed by atoms with Gasteiger partial charge in [-0.25, -0.2) is 0 Å². The van der Waals surface area contributed by atoms with E-state index in [9.17, 15) is 4.79 Å². The van der Waals surface area contributed by atoms with Crippen molar-refractivity contribution >= 4 is 34.3 Å². The molecule has 140 valence electrons. The average Bonchev–Trinajstić information content (AvgIpc) is 2.55. The van der Waals surface area contributed by atoms with E-state index in [2.05, 4.69) is 26.9 Å². The first kappa shape index (κ1) is 20.3. The standard InChI is InChI=1S/C17H23BrN2O4.ClH/c1-19(11-17(21)22)13-2-4-20(5-3-13)10-12-8-15-16(9-14(12)18)24-7-6-23-15;/h8-9,13H,2-7,10-11H2,1H3,(H,21,22);1H. The molecule has 0 amide bonds. The van der Waals surface area contributed by atoms with Crippen molar-refractivity contribution in [2.45, 2.75) is 25.4 Å². The number of aliphatic carboxylic acids is 1. The monoisotopic (exact) mass is 434 g/mol. The van der Waals surface area contributed by atoms with E-state index < -0.39 is 5.97 Å². The average molecular weight is 436 g/mol. The van der Waals surface area contributed by atoms with E-state index in [4.69, 9.17) is 14.6 Å². The van der Waals surface area contributed by atoms with Crippen molar-refractivity contribution in [1.29, 1.82) is 0 Å². The summed E-state index contributed by atoms with van der Waals surface area (Å²) in [5.74, 6) is 0.849. The van der Waals surface area contributed by atoms with Crippen LogP contribution in [0.3, 0.4) is 0 Å². The summed E-state index contributed by atoms with van der Waals surface area (Å²) < 4.78 is 12.3. The Bertz CT molecular complexity index is 609. The Morgan fingerprint density at radius 1 is 1.28 bits per heavy atom. The number of benzene rings is 1. The highest BCUT2D eigenvalue weighted by Gasteiger charge is 2.24. The Kier molecular flexibility index (Phi) is 7.37. The number of carboxylic acids is 1. The molecule has 1 N–H and O–H groups in total. The van der Waals surface area contributed by atoms with Gasteiger partial charge in [0, 0.05) is 17.1 Å². The van der Waals surface area contributed by atoms with Crippen LogP contribution in [0.2, 0.25) is 0 Å². The van der Waals surface area contributed by atoms with Crippen LogP contribution in [-0.2, 0) is 11.3 Å². The van der Waals surface area contributed by atoms with Crippen LogP contribution in [0.15, 0.2) is 16.6 Å². The smallest absolute Gasteiger partial charge is 0.317 e. The number of halogens is 2. The number of hydrogen-bond donors (Lipinski definition) is 1. The Morgan fingerprint density at radius 3 is 2.48 bits per heavy atom. The zero-order valence-corrected chi connectivity index (χ0v) is 16.6. The summed E-state index contributed by atoms with van der Waals surface area (Å²) in [5, 5.41) is 8.91. The third-order valence-corrected chi connectivity index (χ3v) is 5.41. The molecule has 6 nitrogen and oxygen atoms in total. The highest BCUT2D eigenvalue weighted by atomic mass is 79.9. The fourth-order valence-electron chi connectivity index (χ4n) is 3.33. The normalized spacial score (nSPS) is 18.0. The van der Waals surface area contributed by atoms with Crippen molar-refractivity contribution < 1.29 is 19.4 Å². The lowest BCUT2D eigenvalue weighted by molar-refractivity contribution is -0.138. The summed E-state index contributed by atoms with van der Waals surface area (Å²) in [5.41, 5.74) is 1.19. The van der Waals surface area contributed by atoms with Gasteiger partial charge in [0.1, 0.15) is 13.2 Å². The minimum atomic E-state index is -0.764. The third-order valence-electron chi connectivity index (χ3n) is 4.67. The molecule has 0 radical (unpaired) electrons. The zero-order chi connectivity index (χ0) is 17.1. The fourth-order valence-corrected chi connectivity index (χ4v) is 3.78. The van der Waals surface area contributed by atoms with Gasteiger partial charge < -0.3 is 14.6 Å². The van der Waals surface area contributed by atoms with Gasteiger partial charge in [-0.3, -0.25) is 14.6 Å². The summed E-state index contributed by atoms with van der Waals surface area (Å²) in [6, 6.07) is 4.39. The quantitative estimate of drug-likeness (QED) is 0.767. The highest BCUT2D eigenvalue weighted by molar-refractivity contribution is 9.10. The van der Waals surface area contributed by atoms with Crippen LogP contribution in [0.4, 0.5) is 0 Å². The summed E-state index contributed by atoms with van der Waals surface area (Å²) in [4.78, 5) is 15.2. The molecule has 0 unspecified atom stereocenters. The highest BCUT2D eigenvalue weighted by Crippen LogP contribution is 2.36. The Morgan fingerprint density at radius 2 is 1.88 bits per heavy atom. The molecule has 3 rings (SSSR count). The van der Waals surface area contributed by atoms with E-state index in [0.717, 1.165) is 48.4 Å². The Labute approximate surface area is 162 Å². The predicted molar refractivity (Wildman–Crippen MR) is 101 cm³/mol. The van der Waals surface area contributed by atoms with Crippen LogP contribution in [0, 0.1) is 0 Å². The number of piperidine rings is 1. The molecular weight excluding hydrogens is 412 g/mol. The molecule has 8 heteroatoms. The summed E-state index contributed by atoms with van der Waals surface area (Å²) in [6.45, 7) is 4.08. The molecule has 2 aliphatic heterocycles. The van der Waals surface area contributed by atoms with Crippen molar-refractivity contribution in [2.24, 2.45) is 0 Å². The van der Waals surface area contributed by atoms with Crippen molar-refractivity contribution in [2.75, 3.05) is 39.9 Å². The van der Waals surface area contributed by atoms with Gasteiger partial charge in [-0.1, -0.05) is 15.9 Å². The van der Waals surface area contributed by atoms with Crippen LogP contribution in [0.1, 0.15) is 18.4 Å². The Hall–Kier alpha value is -1.02. The number of nitrogens with zero attached hydrogens (tertiary/aromatic N) is 2. The minimum Gasteiger partial charge on any atom is -0.486 e. The molecule has 2 aliphatic rings. The van der Waals surface area contributed by atoms with Crippen LogP contribution in [0.5, 0.6) is 11.5 Å². The van der Waals surface area contributed by atoms with E-state index >= 15 is 0 Å². The number of carbonyl (C=O) groups is 1. The molecule has 1 saturated heterocycles. The lowest BCUT2D eigenvalue weighted by Crippen LogP contribution is -2.44. The van der Waals surface area contributed by atoms with Crippen molar-refractivity contribution in [3.8, 4) is 11.5 Å². The fraction of sp³-hybridized carbons (Fsp3) is 0.588. The van der Waals surface area contributed by atoms with E-state index in [1.807, 2.05) is 18.0 Å². The van der Waals surface area contributed by atoms with E-state index in [1.54, 1.807) is 0 Å². The number of likely N-dealkylation sites (N-methyl/N-ethyl adjacent to an activating group) is 1. The number of ether oxygens (including phenoxy) is 2. The van der Waals surface area contributed by atoms with E-state index in [0.29, 0.717) is 19.3 Å². The second-order valence-electron chi connectivity index (χ2n) is 6.40. The Balaban J connectivity index is 0.00000225. The van der Waals surface area contributed by atoms with Gasteiger partial charge in [0.05, 0.1) is 6.54 Å². The molecule has 1 fully saturated rings. The van der Waals surface area contributed by atoms with E-state index in [1.165, 1.54) is 5.56 Å². The molecule has 1 aromatic carbocycles. The van der Waals surface area contributed by atoms with Gasteiger partial charge in [0.25, 0.3) is 0 Å². The number of hydrogen-bond acceptors (Lipinski definition) is 5. The van der Waals surface area contributed by atoms with Gasteiger partial charge in [-0.2, -0.15) is 0 Å². The zero-order valence-electron chi connectivity index (χ0n) is 14.2. The van der Waals surface area contributed by atoms with Crippen LogP contribution in [-0.4, -0.2) is 66.8 Å². The molecule has 0 aliphatic carbocycles. The summed E-state index contributed by atoms with van der Waals surface area (Å²) in [6.07, 6.45) is 1.98. The van der Waals surface area contributed by atoms with Crippen LogP contribution in [0.25, 0.3) is 0 Å². The first-order valence-corrected chi connectivity index (χ1v) is 9.04. The predicted octanol–water partition coefficient (Wildman–Crippen LogP) is 2.62. The summed E-state index contributed by atoms with van der Waals surface area (Å²) >= 11 is 3.63. The molecule has 1 aromatic rings. The number of rotatable bonds is 5. The molecule has 0 atom stereocenters. The SMILES string of the molecule is CN(CC(=O)O)C1CCN(Cc2cc3c(cc2Br)OCCO3)CC1.Cl. The summed E-state index contributed by atoms with van der Waals surface area (Å²) in [7, 11) is 1.89. The maximum absolute atomic E-state index is 10.8. The maximum atomic E-state index is 10.8. The van der Waals surface area contributed by atoms with Crippen molar-refractivity contribution in [3.05, 3.63) is 22.2 Å². The van der Waals surface area contributed by atoms with Gasteiger partial charge in [0.15, 0.2) is 11.5 Å². The molecule has 0 aromatic heterocycles. The number of likely N-dealkylation sites (tertiary alicyclic amines) is 1. The van der Waals surface area contributed by atoms with E-state index in [-0.39, 0.29) is 19.0 Å². The molecule has 0 saturated carbocycles. The van der Waals surface area contributed by atoms with Crippen molar-refractivity contribution in [3.63, 3.8) is 0 Å². The largest absolute Gasteiger partial charge is 0.486 e. The first-order valence-electron chi connectivity index (χ1n) is 8.25. The second-order valence-corrected chi connectivity index (χ2v) is 7.26. The molecule has 0 spiro atoms. The molecule has 0 bridgehead atoms. The first-order chi connectivity index (χ1) is 11.5. The molecular formula is C17H24BrClN2O4. The van der Waals surface area contributed by atoms with Gasteiger partial charge in [-0.05, 0) is 50.7 Å². The number of fused-ring (bicyclic) bond motifs is 1. The van der Waals surface area contributed by atoms with Crippen LogP contribution >= 0.6 is 28.3 Å². The third kappa shape index (κ3) is 5.23. The minimum absolute atomic E-state index is 0. The number of carboxylic acid groups (broad SMARTS) is 1. The topological polar surface area (TPSA) is 62.2 Å². The van der Waals surface area contributed by atoms with Gasteiger partial charge >= 0.3 is 5.97 Å². The van der Waals surface area contributed by atoms with Crippen LogP contribution < -0.4 is 9.47 Å². The van der Waals surface area contributed by atoms with Gasteiger partial charge in [-0.15, -0.1) is 12.4 Å².